The second-order valence-corrected chi connectivity index (χ2v) is 6.66. The predicted molar refractivity (Wildman–Crippen MR) is 94.7 cm³/mol. The number of hydrogen-bond donors (Lipinski definition) is 2. The molecule has 0 radical (unpaired) electrons. The Morgan fingerprint density at radius 3 is 2.77 bits per heavy atom. The Labute approximate surface area is 156 Å². The lowest BCUT2D eigenvalue weighted by atomic mass is 10.1. The molecule has 2 rings (SSSR count). The molecular formula is C16H15ClF3N3O2S. The van der Waals surface area contributed by atoms with Gasteiger partial charge in [-0.15, -0.1) is 0 Å². The van der Waals surface area contributed by atoms with Crippen molar-refractivity contribution in [1.82, 2.24) is 9.97 Å². The third-order valence-electron chi connectivity index (χ3n) is 3.20. The number of para-hydroxylation sites is 1. The minimum absolute atomic E-state index is 0.213. The smallest absolute Gasteiger partial charge is 0.324 e. The van der Waals surface area contributed by atoms with Gasteiger partial charge in [-0.25, -0.2) is 4.98 Å². The van der Waals surface area contributed by atoms with Crippen LogP contribution in [0.3, 0.4) is 0 Å². The second-order valence-electron chi connectivity index (χ2n) is 5.29. The summed E-state index contributed by atoms with van der Waals surface area (Å²) in [6.45, 7) is 1.94. The average Bonchev–Trinajstić information content (AvgIpc) is 2.53. The Bertz CT molecular complexity index is 855. The molecule has 0 bridgehead atoms. The Morgan fingerprint density at radius 2 is 2.12 bits per heavy atom. The molecule has 0 saturated heterocycles. The lowest BCUT2D eigenvalue weighted by molar-refractivity contribution is -0.137. The molecule has 1 amide bonds. The first-order valence-corrected chi connectivity index (χ1v) is 8.95. The van der Waals surface area contributed by atoms with Crippen molar-refractivity contribution in [2.75, 3.05) is 11.1 Å². The number of hydrogen-bond acceptors (Lipinski definition) is 4. The van der Waals surface area contributed by atoms with Crippen LogP contribution in [0.4, 0.5) is 18.9 Å². The van der Waals surface area contributed by atoms with E-state index in [1.54, 1.807) is 0 Å². The van der Waals surface area contributed by atoms with Gasteiger partial charge in [0.2, 0.25) is 5.91 Å². The molecule has 26 heavy (non-hydrogen) atoms. The van der Waals surface area contributed by atoms with Crippen molar-refractivity contribution in [1.29, 1.82) is 0 Å². The van der Waals surface area contributed by atoms with Crippen LogP contribution in [0.1, 0.15) is 24.6 Å². The van der Waals surface area contributed by atoms with Gasteiger partial charge in [0.15, 0.2) is 5.16 Å². The zero-order valence-corrected chi connectivity index (χ0v) is 15.2. The zero-order valence-electron chi connectivity index (χ0n) is 13.6. The summed E-state index contributed by atoms with van der Waals surface area (Å²) in [7, 11) is 0. The number of alkyl halides is 3. The molecule has 1 heterocycles. The van der Waals surface area contributed by atoms with Crippen molar-refractivity contribution >= 4 is 35.0 Å². The molecule has 0 saturated carbocycles. The highest BCUT2D eigenvalue weighted by Gasteiger charge is 2.34. The number of nitrogens with one attached hydrogen (secondary N) is 2. The highest BCUT2D eigenvalue weighted by atomic mass is 35.5. The van der Waals surface area contributed by atoms with Gasteiger partial charge in [-0.3, -0.25) is 9.59 Å². The molecule has 0 atom stereocenters. The maximum absolute atomic E-state index is 13.0. The van der Waals surface area contributed by atoms with E-state index in [0.717, 1.165) is 30.3 Å². The molecule has 0 spiro atoms. The molecule has 0 fully saturated rings. The van der Waals surface area contributed by atoms with Gasteiger partial charge in [-0.05, 0) is 18.6 Å². The van der Waals surface area contributed by atoms with E-state index in [4.69, 9.17) is 11.6 Å². The lowest BCUT2D eigenvalue weighted by Crippen LogP contribution is -2.19. The van der Waals surface area contributed by atoms with E-state index in [9.17, 15) is 22.8 Å². The first-order chi connectivity index (χ1) is 12.2. The largest absolute Gasteiger partial charge is 0.418 e. The fourth-order valence-corrected chi connectivity index (χ4v) is 3.05. The molecule has 140 valence electrons. The number of aromatic amines is 1. The van der Waals surface area contributed by atoms with Gasteiger partial charge in [-0.1, -0.05) is 42.8 Å². The highest BCUT2D eigenvalue weighted by molar-refractivity contribution is 7.99. The molecule has 1 aromatic carbocycles. The summed E-state index contributed by atoms with van der Waals surface area (Å²) < 4.78 is 39.1. The summed E-state index contributed by atoms with van der Waals surface area (Å²) in [5.41, 5.74) is -1.28. The quantitative estimate of drug-likeness (QED) is 0.560. The van der Waals surface area contributed by atoms with E-state index in [1.165, 1.54) is 12.1 Å². The number of nitrogens with zero attached hydrogens (tertiary/aromatic N) is 1. The molecule has 2 aromatic rings. The van der Waals surface area contributed by atoms with E-state index >= 15 is 0 Å². The second kappa shape index (κ2) is 8.59. The molecule has 0 aliphatic heterocycles. The van der Waals surface area contributed by atoms with E-state index in [0.29, 0.717) is 12.1 Å². The van der Waals surface area contributed by atoms with Crippen molar-refractivity contribution in [3.8, 4) is 0 Å². The summed E-state index contributed by atoms with van der Waals surface area (Å²) in [6.07, 6.45) is -3.24. The summed E-state index contributed by atoms with van der Waals surface area (Å²) >= 11 is 6.71. The topological polar surface area (TPSA) is 74.8 Å². The molecule has 0 unspecified atom stereocenters. The van der Waals surface area contributed by atoms with Crippen molar-refractivity contribution < 1.29 is 18.0 Å². The number of anilines is 1. The Balaban J connectivity index is 2.10. The summed E-state index contributed by atoms with van der Waals surface area (Å²) in [5, 5.41) is 2.19. The number of amides is 1. The van der Waals surface area contributed by atoms with E-state index < -0.39 is 23.3 Å². The third-order valence-corrected chi connectivity index (χ3v) is 4.39. The molecule has 5 nitrogen and oxygen atoms in total. The number of rotatable bonds is 6. The maximum Gasteiger partial charge on any atom is 0.418 e. The van der Waals surface area contributed by atoms with Crippen LogP contribution < -0.4 is 10.9 Å². The van der Waals surface area contributed by atoms with Gasteiger partial charge < -0.3 is 10.3 Å². The van der Waals surface area contributed by atoms with Gasteiger partial charge in [0.1, 0.15) is 0 Å². The van der Waals surface area contributed by atoms with Crippen molar-refractivity contribution in [3.05, 3.63) is 50.9 Å². The lowest BCUT2D eigenvalue weighted by Gasteiger charge is -2.15. The van der Waals surface area contributed by atoms with E-state index in [2.05, 4.69) is 15.3 Å². The fraction of sp³-hybridized carbons (Fsp3) is 0.312. The first kappa shape index (κ1) is 20.3. The maximum atomic E-state index is 13.0. The number of carbonyl (C=O) groups excluding carboxylic acids is 1. The van der Waals surface area contributed by atoms with Gasteiger partial charge in [0, 0.05) is 11.8 Å². The standard InChI is InChI=1S/C16H15ClF3N3O2S/c1-2-4-9-7-12(24)23-15(21-9)26-8-13(25)22-14-10(16(18,19)20)5-3-6-11(14)17/h3,5-7H,2,4,8H2,1H3,(H,22,25)(H,21,23,24). The van der Waals surface area contributed by atoms with Crippen molar-refractivity contribution in [2.45, 2.75) is 31.1 Å². The molecule has 0 aliphatic rings. The van der Waals surface area contributed by atoms with Crippen molar-refractivity contribution in [3.63, 3.8) is 0 Å². The number of halogens is 4. The monoisotopic (exact) mass is 405 g/mol. The summed E-state index contributed by atoms with van der Waals surface area (Å²) in [5.74, 6) is -0.932. The molecule has 2 N–H and O–H groups in total. The normalized spacial score (nSPS) is 11.4. The van der Waals surface area contributed by atoms with Crippen LogP contribution in [0.2, 0.25) is 5.02 Å². The molecule has 0 aliphatic carbocycles. The van der Waals surface area contributed by atoms with Crippen LogP contribution in [0.5, 0.6) is 0 Å². The minimum atomic E-state index is -4.65. The van der Waals surface area contributed by atoms with Gasteiger partial charge in [0.05, 0.1) is 22.0 Å². The van der Waals surface area contributed by atoms with Crippen LogP contribution in [0.15, 0.2) is 34.2 Å². The van der Waals surface area contributed by atoms with Crippen LogP contribution in [-0.2, 0) is 17.4 Å². The predicted octanol–water partition coefficient (Wildman–Crippen LogP) is 4.13. The molecular weight excluding hydrogens is 391 g/mol. The van der Waals surface area contributed by atoms with E-state index in [-0.39, 0.29) is 21.5 Å². The third kappa shape index (κ3) is 5.50. The average molecular weight is 406 g/mol. The number of benzene rings is 1. The van der Waals surface area contributed by atoms with Crippen LogP contribution in [0.25, 0.3) is 0 Å². The minimum Gasteiger partial charge on any atom is -0.324 e. The Morgan fingerprint density at radius 1 is 1.38 bits per heavy atom. The van der Waals surface area contributed by atoms with E-state index in [1.807, 2.05) is 6.92 Å². The van der Waals surface area contributed by atoms with Crippen LogP contribution >= 0.6 is 23.4 Å². The number of aryl methyl sites for hydroxylation is 1. The van der Waals surface area contributed by atoms with Crippen LogP contribution in [0, 0.1) is 0 Å². The number of aromatic nitrogens is 2. The Kier molecular flexibility index (Phi) is 6.71. The van der Waals surface area contributed by atoms with Gasteiger partial charge >= 0.3 is 6.18 Å². The zero-order chi connectivity index (χ0) is 19.3. The Hall–Kier alpha value is -2.00. The van der Waals surface area contributed by atoms with Crippen LogP contribution in [-0.4, -0.2) is 21.6 Å². The van der Waals surface area contributed by atoms with Gasteiger partial charge in [-0.2, -0.15) is 13.2 Å². The number of carbonyl (C=O) groups is 1. The summed E-state index contributed by atoms with van der Waals surface area (Å²) in [4.78, 5) is 30.3. The number of thioether (sulfide) groups is 1. The van der Waals surface area contributed by atoms with Crippen molar-refractivity contribution in [2.24, 2.45) is 0 Å². The highest BCUT2D eigenvalue weighted by Crippen LogP contribution is 2.38. The fourth-order valence-electron chi connectivity index (χ4n) is 2.13. The number of H-pyrrole nitrogens is 1. The summed E-state index contributed by atoms with van der Waals surface area (Å²) in [6, 6.07) is 4.62. The first-order valence-electron chi connectivity index (χ1n) is 7.59. The molecule has 1 aromatic heterocycles. The molecule has 10 heteroatoms. The van der Waals surface area contributed by atoms with Gasteiger partial charge in [0.25, 0.3) is 5.56 Å². The SMILES string of the molecule is CCCc1cc(=O)[nH]c(SCC(=O)Nc2c(Cl)cccc2C(F)(F)F)n1.